The first-order valence-electron chi connectivity index (χ1n) is 9.53. The molecule has 1 amide bonds. The fourth-order valence-corrected chi connectivity index (χ4v) is 3.52. The van der Waals surface area contributed by atoms with Crippen molar-refractivity contribution in [2.24, 2.45) is 0 Å². The van der Waals surface area contributed by atoms with Crippen molar-refractivity contribution >= 4 is 5.91 Å². The second-order valence-electron chi connectivity index (χ2n) is 6.86. The molecule has 29 heavy (non-hydrogen) atoms. The Labute approximate surface area is 168 Å². The largest absolute Gasteiger partial charge is 0.331 e. The van der Waals surface area contributed by atoms with E-state index in [0.29, 0.717) is 26.2 Å². The maximum Gasteiger partial charge on any atom is 0.246 e. The number of benzene rings is 1. The van der Waals surface area contributed by atoms with Crippen LogP contribution < -0.4 is 5.32 Å². The number of pyridine rings is 1. The van der Waals surface area contributed by atoms with E-state index < -0.39 is 0 Å². The summed E-state index contributed by atoms with van der Waals surface area (Å²) in [6.45, 7) is 2.32. The first kappa shape index (κ1) is 19.0. The highest BCUT2D eigenvalue weighted by Crippen LogP contribution is 2.36. The molecule has 148 valence electrons. The number of amides is 1. The summed E-state index contributed by atoms with van der Waals surface area (Å²) in [5, 5.41) is 7.80. The Hall–Kier alpha value is -3.32. The Balaban J connectivity index is 1.75. The van der Waals surface area contributed by atoms with E-state index in [9.17, 15) is 9.18 Å². The zero-order valence-electron chi connectivity index (χ0n) is 16.2. The van der Waals surface area contributed by atoms with E-state index in [-0.39, 0.29) is 11.7 Å². The summed E-state index contributed by atoms with van der Waals surface area (Å²) in [4.78, 5) is 18.5. The number of nitrogens with one attached hydrogen (secondary N) is 1. The summed E-state index contributed by atoms with van der Waals surface area (Å²) >= 11 is 0. The molecule has 0 aliphatic carbocycles. The molecule has 2 aromatic heterocycles. The third kappa shape index (κ3) is 3.95. The average molecular weight is 391 g/mol. The fraction of sp³-hybridized carbons (Fsp3) is 0.227. The Morgan fingerprint density at radius 2 is 1.90 bits per heavy atom. The second-order valence-corrected chi connectivity index (χ2v) is 6.86. The zero-order valence-corrected chi connectivity index (χ0v) is 16.2. The van der Waals surface area contributed by atoms with Crippen LogP contribution in [0.15, 0.2) is 60.9 Å². The molecule has 3 heterocycles. The molecule has 7 heteroatoms. The number of hydrogen-bond donors (Lipinski definition) is 1. The van der Waals surface area contributed by atoms with Crippen LogP contribution in [0.5, 0.6) is 0 Å². The molecule has 0 saturated carbocycles. The van der Waals surface area contributed by atoms with E-state index in [1.807, 2.05) is 34.8 Å². The normalized spacial score (nSPS) is 13.7. The number of carbonyl (C=O) groups is 1. The highest BCUT2D eigenvalue weighted by atomic mass is 19.1. The Bertz CT molecular complexity index is 1030. The van der Waals surface area contributed by atoms with Crippen molar-refractivity contribution in [3.05, 3.63) is 72.5 Å². The first-order chi connectivity index (χ1) is 14.2. The number of fused-ring (bicyclic) bond motifs is 1. The van der Waals surface area contributed by atoms with Crippen LogP contribution in [-0.2, 0) is 17.9 Å². The van der Waals surface area contributed by atoms with E-state index in [1.54, 1.807) is 30.6 Å². The predicted molar refractivity (Wildman–Crippen MR) is 109 cm³/mol. The van der Waals surface area contributed by atoms with Gasteiger partial charge in [-0.05, 0) is 49.0 Å². The molecule has 0 atom stereocenters. The van der Waals surface area contributed by atoms with Crippen LogP contribution in [-0.4, -0.2) is 45.7 Å². The molecule has 0 spiro atoms. The van der Waals surface area contributed by atoms with Gasteiger partial charge in [-0.3, -0.25) is 14.5 Å². The Kier molecular flexibility index (Phi) is 5.48. The van der Waals surface area contributed by atoms with Gasteiger partial charge in [0, 0.05) is 42.7 Å². The van der Waals surface area contributed by atoms with Gasteiger partial charge in [0.05, 0.1) is 18.8 Å². The Morgan fingerprint density at radius 3 is 2.62 bits per heavy atom. The maximum atomic E-state index is 13.4. The summed E-state index contributed by atoms with van der Waals surface area (Å²) in [6, 6.07) is 10.2. The van der Waals surface area contributed by atoms with Crippen molar-refractivity contribution in [3.8, 4) is 22.4 Å². The molecule has 0 fully saturated rings. The van der Waals surface area contributed by atoms with Crippen molar-refractivity contribution in [3.63, 3.8) is 0 Å². The van der Waals surface area contributed by atoms with Gasteiger partial charge in [0.2, 0.25) is 5.91 Å². The summed E-state index contributed by atoms with van der Waals surface area (Å²) in [7, 11) is 1.84. The van der Waals surface area contributed by atoms with Gasteiger partial charge in [0.25, 0.3) is 0 Å². The van der Waals surface area contributed by atoms with Crippen LogP contribution in [0.4, 0.5) is 4.39 Å². The SMILES string of the molecule is CNC/C=C/C(=O)N1CCn2nc(-c3ccc(F)cc3)c(-c3ccncc3)c2C1. The average Bonchev–Trinajstić information content (AvgIpc) is 3.13. The van der Waals surface area contributed by atoms with Crippen LogP contribution in [0.25, 0.3) is 22.4 Å². The minimum Gasteiger partial charge on any atom is -0.331 e. The van der Waals surface area contributed by atoms with Gasteiger partial charge in [-0.1, -0.05) is 6.08 Å². The summed E-state index contributed by atoms with van der Waals surface area (Å²) in [5.74, 6) is -0.301. The van der Waals surface area contributed by atoms with Crippen LogP contribution in [0.3, 0.4) is 0 Å². The van der Waals surface area contributed by atoms with Crippen LogP contribution in [0.2, 0.25) is 0 Å². The molecule has 3 aromatic rings. The van der Waals surface area contributed by atoms with Crippen molar-refractivity contribution in [2.75, 3.05) is 20.1 Å². The number of likely N-dealkylation sites (N-methyl/N-ethyl adjacent to an activating group) is 1. The highest BCUT2D eigenvalue weighted by molar-refractivity contribution is 5.88. The topological polar surface area (TPSA) is 63.1 Å². The number of hydrogen-bond acceptors (Lipinski definition) is 4. The number of halogens is 1. The Morgan fingerprint density at radius 1 is 1.14 bits per heavy atom. The van der Waals surface area contributed by atoms with Crippen molar-refractivity contribution in [1.29, 1.82) is 0 Å². The van der Waals surface area contributed by atoms with Crippen LogP contribution in [0, 0.1) is 5.82 Å². The molecule has 1 aliphatic heterocycles. The minimum absolute atomic E-state index is 0.0169. The second kappa shape index (κ2) is 8.36. The quantitative estimate of drug-likeness (QED) is 0.680. The molecule has 0 bridgehead atoms. The highest BCUT2D eigenvalue weighted by Gasteiger charge is 2.27. The molecular weight excluding hydrogens is 369 g/mol. The third-order valence-electron chi connectivity index (χ3n) is 4.96. The third-order valence-corrected chi connectivity index (χ3v) is 4.96. The van der Waals surface area contributed by atoms with Crippen molar-refractivity contribution in [2.45, 2.75) is 13.1 Å². The fourth-order valence-electron chi connectivity index (χ4n) is 3.52. The van der Waals surface area contributed by atoms with Gasteiger partial charge < -0.3 is 10.2 Å². The predicted octanol–water partition coefficient (Wildman–Crippen LogP) is 2.87. The zero-order chi connectivity index (χ0) is 20.2. The lowest BCUT2D eigenvalue weighted by Gasteiger charge is -2.27. The van der Waals surface area contributed by atoms with Gasteiger partial charge in [-0.2, -0.15) is 5.10 Å². The van der Waals surface area contributed by atoms with Crippen molar-refractivity contribution < 1.29 is 9.18 Å². The summed E-state index contributed by atoms with van der Waals surface area (Å²) in [5.41, 5.74) is 4.52. The molecule has 1 N–H and O–H groups in total. The van der Waals surface area contributed by atoms with Gasteiger partial charge in [0.1, 0.15) is 11.5 Å². The lowest BCUT2D eigenvalue weighted by molar-refractivity contribution is -0.127. The molecule has 4 rings (SSSR count). The molecule has 1 aliphatic rings. The van der Waals surface area contributed by atoms with Gasteiger partial charge in [-0.25, -0.2) is 4.39 Å². The monoisotopic (exact) mass is 391 g/mol. The van der Waals surface area contributed by atoms with Gasteiger partial charge in [0.15, 0.2) is 0 Å². The summed E-state index contributed by atoms with van der Waals surface area (Å²) in [6.07, 6.45) is 6.90. The number of nitrogens with zero attached hydrogens (tertiary/aromatic N) is 4. The minimum atomic E-state index is -0.284. The maximum absolute atomic E-state index is 13.4. The van der Waals surface area contributed by atoms with E-state index in [4.69, 9.17) is 5.10 Å². The lowest BCUT2D eigenvalue weighted by Crippen LogP contribution is -2.37. The molecule has 6 nitrogen and oxygen atoms in total. The number of aromatic nitrogens is 3. The molecule has 0 saturated heterocycles. The standard InChI is InChI=1S/C22H22FN5O/c1-24-10-2-3-20(29)27-13-14-28-19(15-27)21(16-8-11-25-12-9-16)22(26-28)17-4-6-18(23)7-5-17/h2-9,11-12,24H,10,13-15H2,1H3/b3-2+. The van der Waals surface area contributed by atoms with Crippen molar-refractivity contribution in [1.82, 2.24) is 25.0 Å². The van der Waals surface area contributed by atoms with Crippen LogP contribution >= 0.6 is 0 Å². The van der Waals surface area contributed by atoms with E-state index in [2.05, 4.69) is 10.3 Å². The first-order valence-corrected chi connectivity index (χ1v) is 9.53. The lowest BCUT2D eigenvalue weighted by atomic mass is 9.99. The van der Waals surface area contributed by atoms with E-state index in [0.717, 1.165) is 28.1 Å². The number of rotatable bonds is 5. The number of carbonyl (C=O) groups excluding carboxylic acids is 1. The summed E-state index contributed by atoms with van der Waals surface area (Å²) < 4.78 is 15.4. The molecular formula is C22H22FN5O. The molecule has 0 radical (unpaired) electrons. The van der Waals surface area contributed by atoms with Crippen LogP contribution in [0.1, 0.15) is 5.69 Å². The van der Waals surface area contributed by atoms with Gasteiger partial charge >= 0.3 is 0 Å². The van der Waals surface area contributed by atoms with Gasteiger partial charge in [-0.15, -0.1) is 0 Å². The molecule has 1 aromatic carbocycles. The van der Waals surface area contributed by atoms with E-state index >= 15 is 0 Å². The smallest absolute Gasteiger partial charge is 0.246 e. The molecule has 0 unspecified atom stereocenters. The van der Waals surface area contributed by atoms with E-state index in [1.165, 1.54) is 12.1 Å².